The molecule has 0 aromatic heterocycles. The zero-order valence-corrected chi connectivity index (χ0v) is 14.6. The van der Waals surface area contributed by atoms with Crippen molar-refractivity contribution in [2.45, 2.75) is 46.0 Å². The van der Waals surface area contributed by atoms with E-state index in [4.69, 9.17) is 10.5 Å². The number of rotatable bonds is 1. The van der Waals surface area contributed by atoms with Crippen molar-refractivity contribution in [3.8, 4) is 11.5 Å². The molecule has 0 unspecified atom stereocenters. The lowest BCUT2D eigenvalue weighted by atomic mass is 10.2. The number of nitrogens with one attached hydrogen (secondary N) is 1. The summed E-state index contributed by atoms with van der Waals surface area (Å²) < 4.78 is 5.19. The van der Waals surface area contributed by atoms with E-state index in [1.165, 1.54) is 0 Å². The van der Waals surface area contributed by atoms with Gasteiger partial charge in [0.2, 0.25) is 0 Å². The molecule has 1 rings (SSSR count). The molecule has 21 heavy (non-hydrogen) atoms. The van der Waals surface area contributed by atoms with Crippen LogP contribution in [-0.4, -0.2) is 19.8 Å². The molecule has 1 aromatic carbocycles. The molecule has 0 aliphatic heterocycles. The fourth-order valence-electron chi connectivity index (χ4n) is 1.43. The normalized spacial score (nSPS) is 11.3. The molecule has 0 fully saturated rings. The van der Waals surface area contributed by atoms with Crippen molar-refractivity contribution in [2.24, 2.45) is 0 Å². The van der Waals surface area contributed by atoms with Crippen LogP contribution in [0.25, 0.3) is 0 Å². The third kappa shape index (κ3) is 6.86. The van der Waals surface area contributed by atoms with Crippen molar-refractivity contribution >= 4 is 25.5 Å². The zero-order valence-electron chi connectivity index (χ0n) is 13.6. The second kappa shape index (κ2) is 6.23. The lowest BCUT2D eigenvalue weighted by Gasteiger charge is -2.20. The maximum Gasteiger partial charge on any atom is 0.412 e. The van der Waals surface area contributed by atoms with Gasteiger partial charge < -0.3 is 10.5 Å². The van der Waals surface area contributed by atoms with E-state index >= 15 is 0 Å². The third-order valence-corrected chi connectivity index (χ3v) is 3.14. The maximum absolute atomic E-state index is 11.7. The van der Waals surface area contributed by atoms with Crippen LogP contribution in [0.1, 0.15) is 26.3 Å². The van der Waals surface area contributed by atoms with E-state index in [1.807, 2.05) is 26.8 Å². The van der Waals surface area contributed by atoms with Crippen molar-refractivity contribution in [2.75, 3.05) is 11.1 Å². The Labute approximate surface area is 128 Å². The molecule has 0 saturated heterocycles. The van der Waals surface area contributed by atoms with E-state index in [-0.39, 0.29) is 0 Å². The average molecular weight is 304 g/mol. The molecule has 1 aromatic rings. The summed E-state index contributed by atoms with van der Waals surface area (Å²) in [5.41, 5.74) is 10.5. The first-order valence-electron chi connectivity index (χ1n) is 6.89. The number of nitrogens with two attached hydrogens (primary N) is 1. The minimum absolute atomic E-state index is 0.475. The fourth-order valence-corrected chi connectivity index (χ4v) is 1.95. The van der Waals surface area contributed by atoms with E-state index in [0.29, 0.717) is 11.4 Å². The van der Waals surface area contributed by atoms with Crippen LogP contribution in [-0.2, 0) is 4.74 Å². The van der Waals surface area contributed by atoms with Gasteiger partial charge in [0.1, 0.15) is 13.7 Å². The third-order valence-electron chi connectivity index (χ3n) is 2.27. The molecule has 0 aliphatic carbocycles. The van der Waals surface area contributed by atoms with Gasteiger partial charge in [0.25, 0.3) is 0 Å². The van der Waals surface area contributed by atoms with Crippen molar-refractivity contribution in [1.82, 2.24) is 0 Å². The summed E-state index contributed by atoms with van der Waals surface area (Å²) in [5, 5.41) is 2.64. The Morgan fingerprint density at radius 3 is 2.38 bits per heavy atom. The molecule has 0 heterocycles. The highest BCUT2D eigenvalue weighted by Gasteiger charge is 2.16. The van der Waals surface area contributed by atoms with Gasteiger partial charge in [0, 0.05) is 5.56 Å². The molecule has 0 bridgehead atoms. The number of benzene rings is 1. The van der Waals surface area contributed by atoms with Crippen LogP contribution in [0.4, 0.5) is 16.2 Å². The maximum atomic E-state index is 11.7. The molecular weight excluding hydrogens is 280 g/mol. The molecule has 0 saturated carbocycles. The molecule has 0 atom stereocenters. The summed E-state index contributed by atoms with van der Waals surface area (Å²) in [6.45, 7) is 12.0. The van der Waals surface area contributed by atoms with Gasteiger partial charge in [-0.15, -0.1) is 5.54 Å². The number of carbonyl (C=O) groups is 1. The molecule has 0 aliphatic rings. The van der Waals surface area contributed by atoms with Crippen LogP contribution in [0.5, 0.6) is 0 Å². The Bertz CT molecular complexity index is 587. The minimum atomic E-state index is -1.42. The van der Waals surface area contributed by atoms with Gasteiger partial charge in [-0.3, -0.25) is 5.32 Å². The number of hydrogen-bond donors (Lipinski definition) is 2. The number of anilines is 2. The van der Waals surface area contributed by atoms with Crippen LogP contribution in [0.3, 0.4) is 0 Å². The van der Waals surface area contributed by atoms with Crippen LogP contribution in [0, 0.1) is 11.5 Å². The largest absolute Gasteiger partial charge is 0.444 e. The molecule has 0 spiro atoms. The van der Waals surface area contributed by atoms with E-state index in [1.54, 1.807) is 12.1 Å². The monoisotopic (exact) mass is 304 g/mol. The van der Waals surface area contributed by atoms with Crippen LogP contribution in [0.2, 0.25) is 19.6 Å². The number of ether oxygens (including phenoxy) is 1. The van der Waals surface area contributed by atoms with E-state index in [2.05, 4.69) is 36.4 Å². The summed E-state index contributed by atoms with van der Waals surface area (Å²) in [6, 6.07) is 5.35. The van der Waals surface area contributed by atoms with Crippen molar-refractivity contribution in [3.63, 3.8) is 0 Å². The smallest absolute Gasteiger partial charge is 0.412 e. The zero-order chi connectivity index (χ0) is 16.3. The van der Waals surface area contributed by atoms with Gasteiger partial charge in [-0.25, -0.2) is 4.79 Å². The highest BCUT2D eigenvalue weighted by molar-refractivity contribution is 6.83. The molecule has 4 nitrogen and oxygen atoms in total. The van der Waals surface area contributed by atoms with Gasteiger partial charge in [-0.05, 0) is 39.0 Å². The SMILES string of the molecule is CC(C)(C)OC(=O)Nc1ccc(C#C[Si](C)(C)C)cc1N. The Kier molecular flexibility index (Phi) is 5.08. The van der Waals surface area contributed by atoms with Gasteiger partial charge in [-0.1, -0.05) is 25.6 Å². The minimum Gasteiger partial charge on any atom is -0.444 e. The van der Waals surface area contributed by atoms with Crippen molar-refractivity contribution in [3.05, 3.63) is 23.8 Å². The standard InChI is InChI=1S/C16H24N2O2Si/c1-16(2,3)20-15(19)18-14-8-7-12(11-13(14)17)9-10-21(4,5)6/h7-8,11H,17H2,1-6H3,(H,18,19). The van der Waals surface area contributed by atoms with E-state index in [0.717, 1.165) is 5.56 Å². The second-order valence-electron chi connectivity index (χ2n) is 6.93. The predicted molar refractivity (Wildman–Crippen MR) is 90.9 cm³/mol. The topological polar surface area (TPSA) is 64.3 Å². The summed E-state index contributed by atoms with van der Waals surface area (Å²) in [4.78, 5) is 11.7. The van der Waals surface area contributed by atoms with Crippen LogP contribution < -0.4 is 11.1 Å². The number of carbonyl (C=O) groups excluding carboxylic acids is 1. The lowest BCUT2D eigenvalue weighted by Crippen LogP contribution is -2.27. The van der Waals surface area contributed by atoms with E-state index in [9.17, 15) is 4.79 Å². The van der Waals surface area contributed by atoms with Gasteiger partial charge >= 0.3 is 6.09 Å². The van der Waals surface area contributed by atoms with Crippen molar-refractivity contribution in [1.29, 1.82) is 0 Å². The summed E-state index contributed by atoms with van der Waals surface area (Å²) >= 11 is 0. The molecular formula is C16H24N2O2Si. The van der Waals surface area contributed by atoms with Gasteiger partial charge in [0.15, 0.2) is 0 Å². The quantitative estimate of drug-likeness (QED) is 0.470. The van der Waals surface area contributed by atoms with Crippen LogP contribution in [0.15, 0.2) is 18.2 Å². The predicted octanol–water partition coefficient (Wildman–Crippen LogP) is 3.84. The highest BCUT2D eigenvalue weighted by atomic mass is 28.3. The second-order valence-corrected chi connectivity index (χ2v) is 11.7. The first-order chi connectivity index (χ1) is 9.46. The molecule has 3 N–H and O–H groups in total. The highest BCUT2D eigenvalue weighted by Crippen LogP contribution is 2.20. The molecule has 0 radical (unpaired) electrons. The van der Waals surface area contributed by atoms with Crippen molar-refractivity contribution < 1.29 is 9.53 Å². The first kappa shape index (κ1) is 17.1. The summed E-state index contributed by atoms with van der Waals surface area (Å²) in [6.07, 6.45) is -0.518. The van der Waals surface area contributed by atoms with Gasteiger partial charge in [0.05, 0.1) is 11.4 Å². The molecule has 114 valence electrons. The number of hydrogen-bond acceptors (Lipinski definition) is 3. The van der Waals surface area contributed by atoms with Crippen LogP contribution >= 0.6 is 0 Å². The number of amides is 1. The average Bonchev–Trinajstić information content (AvgIpc) is 2.26. The Morgan fingerprint density at radius 2 is 1.90 bits per heavy atom. The first-order valence-corrected chi connectivity index (χ1v) is 10.4. The Morgan fingerprint density at radius 1 is 1.29 bits per heavy atom. The molecule has 5 heteroatoms. The van der Waals surface area contributed by atoms with E-state index < -0.39 is 19.8 Å². The number of nitrogen functional groups attached to an aromatic ring is 1. The lowest BCUT2D eigenvalue weighted by molar-refractivity contribution is 0.0636. The Hall–Kier alpha value is -1.93. The Balaban J connectivity index is 2.84. The summed E-state index contributed by atoms with van der Waals surface area (Å²) in [5.74, 6) is 3.13. The summed E-state index contributed by atoms with van der Waals surface area (Å²) in [7, 11) is -1.42. The van der Waals surface area contributed by atoms with Gasteiger partial charge in [-0.2, -0.15) is 0 Å². The molecule has 1 amide bonds. The fraction of sp³-hybridized carbons (Fsp3) is 0.438.